The van der Waals surface area contributed by atoms with Gasteiger partial charge in [-0.1, -0.05) is 6.42 Å². The lowest BCUT2D eigenvalue weighted by molar-refractivity contribution is 0.447. The van der Waals surface area contributed by atoms with Gasteiger partial charge in [0.05, 0.1) is 16.8 Å². The van der Waals surface area contributed by atoms with Crippen LogP contribution in [0, 0.1) is 5.92 Å². The van der Waals surface area contributed by atoms with Gasteiger partial charge in [0.1, 0.15) is 9.84 Å². The Labute approximate surface area is 115 Å². The normalized spacial score (nSPS) is 32.5. The van der Waals surface area contributed by atoms with E-state index in [9.17, 15) is 16.8 Å². The predicted molar refractivity (Wildman–Crippen MR) is 73.9 cm³/mol. The van der Waals surface area contributed by atoms with E-state index in [0.717, 1.165) is 19.3 Å². The molecule has 8 heteroatoms. The van der Waals surface area contributed by atoms with E-state index in [-0.39, 0.29) is 36.3 Å². The maximum absolute atomic E-state index is 12.3. The van der Waals surface area contributed by atoms with Gasteiger partial charge in [-0.15, -0.1) is 0 Å². The lowest BCUT2D eigenvalue weighted by atomic mass is 10.1. The monoisotopic (exact) mass is 310 g/mol. The van der Waals surface area contributed by atoms with Crippen LogP contribution in [0.5, 0.6) is 0 Å². The van der Waals surface area contributed by atoms with Gasteiger partial charge in [-0.25, -0.2) is 21.6 Å². The zero-order valence-corrected chi connectivity index (χ0v) is 12.5. The van der Waals surface area contributed by atoms with Crippen LogP contribution in [-0.2, 0) is 19.9 Å². The summed E-state index contributed by atoms with van der Waals surface area (Å²) in [5.74, 6) is 0.162. The zero-order chi connectivity index (χ0) is 14.1. The molecule has 0 aromatic rings. The average molecular weight is 310 g/mol. The molecular weight excluding hydrogens is 288 g/mol. The molecule has 0 bridgehead atoms. The first-order valence-electron chi connectivity index (χ1n) is 6.76. The molecular formula is C11H22N2O4S2. The average Bonchev–Trinajstić information content (AvgIpc) is 2.75. The number of nitrogens with two attached hydrogens (primary N) is 1. The van der Waals surface area contributed by atoms with E-state index in [1.807, 2.05) is 0 Å². The third-order valence-electron chi connectivity index (χ3n) is 4.22. The van der Waals surface area contributed by atoms with Crippen LogP contribution in [0.1, 0.15) is 32.1 Å². The Hall–Kier alpha value is -0.180. The standard InChI is InChI=1S/C11H22N2O4S2/c12-8-9-2-1-3-11(9)13-19(16,17)10-4-6-18(14,15)7-5-10/h9-11,13H,1-8,12H2. The lowest BCUT2D eigenvalue weighted by Gasteiger charge is -2.26. The first-order valence-corrected chi connectivity index (χ1v) is 10.1. The van der Waals surface area contributed by atoms with Gasteiger partial charge < -0.3 is 5.73 Å². The van der Waals surface area contributed by atoms with Crippen LogP contribution in [-0.4, -0.2) is 46.2 Å². The maximum Gasteiger partial charge on any atom is 0.214 e. The lowest BCUT2D eigenvalue weighted by Crippen LogP contribution is -2.46. The first kappa shape index (κ1) is 15.2. The van der Waals surface area contributed by atoms with Crippen LogP contribution in [0.15, 0.2) is 0 Å². The molecule has 2 unspecified atom stereocenters. The summed E-state index contributed by atoms with van der Waals surface area (Å²) in [6.07, 6.45) is 3.19. The largest absolute Gasteiger partial charge is 0.330 e. The highest BCUT2D eigenvalue weighted by Crippen LogP contribution is 2.27. The number of hydrogen-bond donors (Lipinski definition) is 2. The van der Waals surface area contributed by atoms with Crippen molar-refractivity contribution in [3.63, 3.8) is 0 Å². The Morgan fingerprint density at radius 1 is 1.11 bits per heavy atom. The topological polar surface area (TPSA) is 106 Å². The SMILES string of the molecule is NCC1CCCC1NS(=O)(=O)C1CCS(=O)(=O)CC1. The van der Waals surface area contributed by atoms with Crippen molar-refractivity contribution in [2.75, 3.05) is 18.1 Å². The summed E-state index contributed by atoms with van der Waals surface area (Å²) < 4.78 is 50.0. The predicted octanol–water partition coefficient (Wildman–Crippen LogP) is -0.390. The Balaban J connectivity index is 1.99. The van der Waals surface area contributed by atoms with Gasteiger partial charge in [-0.2, -0.15) is 0 Å². The van der Waals surface area contributed by atoms with E-state index in [2.05, 4.69) is 4.72 Å². The molecule has 1 saturated carbocycles. The summed E-state index contributed by atoms with van der Waals surface area (Å²) >= 11 is 0. The van der Waals surface area contributed by atoms with Crippen molar-refractivity contribution >= 4 is 19.9 Å². The minimum Gasteiger partial charge on any atom is -0.330 e. The van der Waals surface area contributed by atoms with Crippen molar-refractivity contribution < 1.29 is 16.8 Å². The maximum atomic E-state index is 12.3. The summed E-state index contributed by atoms with van der Waals surface area (Å²) in [5.41, 5.74) is 5.64. The molecule has 2 rings (SSSR count). The van der Waals surface area contributed by atoms with E-state index < -0.39 is 25.1 Å². The summed E-state index contributed by atoms with van der Waals surface area (Å²) in [6.45, 7) is 0.492. The molecule has 0 aromatic heterocycles. The molecule has 3 N–H and O–H groups in total. The van der Waals surface area contributed by atoms with Gasteiger partial charge in [0, 0.05) is 6.04 Å². The molecule has 1 heterocycles. The van der Waals surface area contributed by atoms with Crippen LogP contribution in [0.2, 0.25) is 0 Å². The van der Waals surface area contributed by atoms with Gasteiger partial charge in [0.25, 0.3) is 0 Å². The van der Waals surface area contributed by atoms with Gasteiger partial charge in [-0.3, -0.25) is 0 Å². The zero-order valence-electron chi connectivity index (χ0n) is 10.9. The highest BCUT2D eigenvalue weighted by atomic mass is 32.2. The van der Waals surface area contributed by atoms with Crippen molar-refractivity contribution in [2.45, 2.75) is 43.4 Å². The minimum atomic E-state index is -3.43. The molecule has 2 aliphatic rings. The molecule has 19 heavy (non-hydrogen) atoms. The van der Waals surface area contributed by atoms with Crippen LogP contribution >= 0.6 is 0 Å². The molecule has 1 aliphatic heterocycles. The smallest absolute Gasteiger partial charge is 0.214 e. The summed E-state index contributed by atoms with van der Waals surface area (Å²) in [5, 5.41) is -0.574. The number of hydrogen-bond acceptors (Lipinski definition) is 5. The number of sulfonamides is 1. The van der Waals surface area contributed by atoms with Gasteiger partial charge in [0.2, 0.25) is 10.0 Å². The van der Waals surface area contributed by atoms with Crippen LogP contribution in [0.3, 0.4) is 0 Å². The minimum absolute atomic E-state index is 0.0242. The van der Waals surface area contributed by atoms with Crippen molar-refractivity contribution in [3.8, 4) is 0 Å². The fourth-order valence-electron chi connectivity index (χ4n) is 2.96. The molecule has 1 saturated heterocycles. The fourth-order valence-corrected chi connectivity index (χ4v) is 6.53. The Kier molecular flexibility index (Phi) is 4.54. The van der Waals surface area contributed by atoms with Crippen molar-refractivity contribution in [1.82, 2.24) is 4.72 Å². The van der Waals surface area contributed by atoms with Crippen LogP contribution < -0.4 is 10.5 Å². The molecule has 2 fully saturated rings. The first-order chi connectivity index (χ1) is 8.84. The Morgan fingerprint density at radius 3 is 2.32 bits per heavy atom. The third kappa shape index (κ3) is 3.68. The Bertz CT molecular complexity index is 501. The second-order valence-corrected chi connectivity index (χ2v) is 9.84. The van der Waals surface area contributed by atoms with Crippen molar-refractivity contribution in [2.24, 2.45) is 11.7 Å². The summed E-state index contributed by atoms with van der Waals surface area (Å²) in [7, 11) is -6.46. The van der Waals surface area contributed by atoms with Crippen molar-refractivity contribution in [1.29, 1.82) is 0 Å². The molecule has 0 amide bonds. The highest BCUT2D eigenvalue weighted by molar-refractivity contribution is 7.92. The molecule has 1 aliphatic carbocycles. The third-order valence-corrected chi connectivity index (χ3v) is 7.91. The molecule has 0 spiro atoms. The van der Waals surface area contributed by atoms with E-state index >= 15 is 0 Å². The highest BCUT2D eigenvalue weighted by Gasteiger charge is 2.36. The molecule has 0 aromatic carbocycles. The van der Waals surface area contributed by atoms with Gasteiger partial charge >= 0.3 is 0 Å². The number of sulfone groups is 1. The molecule has 0 radical (unpaired) electrons. The quantitative estimate of drug-likeness (QED) is 0.735. The Morgan fingerprint density at radius 2 is 1.74 bits per heavy atom. The van der Waals surface area contributed by atoms with Crippen molar-refractivity contribution in [3.05, 3.63) is 0 Å². The molecule has 6 nitrogen and oxygen atoms in total. The van der Waals surface area contributed by atoms with Crippen LogP contribution in [0.4, 0.5) is 0 Å². The number of rotatable bonds is 4. The second-order valence-electron chi connectivity index (χ2n) is 5.55. The van der Waals surface area contributed by atoms with E-state index in [1.54, 1.807) is 0 Å². The van der Waals surface area contributed by atoms with E-state index in [4.69, 9.17) is 5.73 Å². The van der Waals surface area contributed by atoms with Gasteiger partial charge in [-0.05, 0) is 38.1 Å². The van der Waals surface area contributed by atoms with Gasteiger partial charge in [0.15, 0.2) is 0 Å². The number of nitrogens with one attached hydrogen (secondary N) is 1. The molecule has 2 atom stereocenters. The van der Waals surface area contributed by atoms with E-state index in [0.29, 0.717) is 6.54 Å². The van der Waals surface area contributed by atoms with E-state index in [1.165, 1.54) is 0 Å². The van der Waals surface area contributed by atoms with Crippen LogP contribution in [0.25, 0.3) is 0 Å². The summed E-state index contributed by atoms with van der Waals surface area (Å²) in [6, 6.07) is -0.0754. The fraction of sp³-hybridized carbons (Fsp3) is 1.00. The molecule has 112 valence electrons. The second kappa shape index (κ2) is 5.67. The summed E-state index contributed by atoms with van der Waals surface area (Å²) in [4.78, 5) is 0.